The lowest BCUT2D eigenvalue weighted by molar-refractivity contribution is -0.130. The van der Waals surface area contributed by atoms with E-state index in [2.05, 4.69) is 15.3 Å². The van der Waals surface area contributed by atoms with Crippen LogP contribution in [0.25, 0.3) is 21.8 Å². The number of carbonyl (C=O) groups excluding carboxylic acids is 3. The van der Waals surface area contributed by atoms with Gasteiger partial charge in [0.05, 0.1) is 28.5 Å². The molecule has 2 aromatic heterocycles. The third kappa shape index (κ3) is 6.34. The third-order valence-corrected chi connectivity index (χ3v) is 8.72. The molecule has 0 radical (unpaired) electrons. The summed E-state index contributed by atoms with van der Waals surface area (Å²) in [5, 5.41) is 8.17. The molecule has 11 nitrogen and oxygen atoms in total. The van der Waals surface area contributed by atoms with Crippen molar-refractivity contribution in [2.45, 2.75) is 33.1 Å². The average molecular weight is 621 g/mol. The number of aliphatic imine (C=N–C) groups is 1. The Morgan fingerprint density at radius 3 is 2.55 bits per heavy atom. The molecule has 13 heteroatoms. The number of hydrogen-bond donors (Lipinski definition) is 1. The van der Waals surface area contributed by atoms with E-state index in [1.165, 1.54) is 24.3 Å². The van der Waals surface area contributed by atoms with E-state index in [0.717, 1.165) is 39.5 Å². The van der Waals surface area contributed by atoms with Gasteiger partial charge < -0.3 is 15.1 Å². The van der Waals surface area contributed by atoms with Crippen molar-refractivity contribution in [3.63, 3.8) is 0 Å². The summed E-state index contributed by atoms with van der Waals surface area (Å²) in [5.41, 5.74) is 4.53. The van der Waals surface area contributed by atoms with E-state index >= 15 is 4.39 Å². The molecule has 3 amide bonds. The smallest absolute Gasteiger partial charge is 0.254 e. The van der Waals surface area contributed by atoms with Gasteiger partial charge in [0.2, 0.25) is 11.8 Å². The number of allylic oxidation sites excluding steroid dienone is 2. The van der Waals surface area contributed by atoms with Crippen LogP contribution in [0.3, 0.4) is 0 Å². The summed E-state index contributed by atoms with van der Waals surface area (Å²) >= 11 is 1.34. The van der Waals surface area contributed by atoms with Crippen molar-refractivity contribution in [1.82, 2.24) is 29.5 Å². The number of thiazole rings is 1. The molecule has 1 N–H and O–H groups in total. The fourth-order valence-electron chi connectivity index (χ4n) is 5.49. The Balaban J connectivity index is 1.48. The Bertz CT molecular complexity index is 1650. The number of carbonyl (C=O) groups is 3. The Kier molecular flexibility index (Phi) is 9.35. The lowest BCUT2D eigenvalue weighted by atomic mass is 9.95. The number of rotatable bonds is 8. The fraction of sp³-hybridized carbons (Fsp3) is 0.419. The van der Waals surface area contributed by atoms with Crippen LogP contribution >= 0.6 is 11.3 Å². The molecule has 44 heavy (non-hydrogen) atoms. The summed E-state index contributed by atoms with van der Waals surface area (Å²) < 4.78 is 17.6. The third-order valence-electron chi connectivity index (χ3n) is 7.70. The summed E-state index contributed by atoms with van der Waals surface area (Å²) in [5.74, 6) is -1.03. The topological polar surface area (TPSA) is 116 Å². The van der Waals surface area contributed by atoms with E-state index in [9.17, 15) is 14.4 Å². The number of fused-ring (bicyclic) bond motifs is 3. The molecule has 1 aliphatic heterocycles. The number of hydrogen-bond acceptors (Lipinski definition) is 8. The van der Waals surface area contributed by atoms with Crippen LogP contribution in [-0.4, -0.2) is 107 Å². The number of aromatic nitrogens is 3. The minimum atomic E-state index is -0.577. The van der Waals surface area contributed by atoms with Crippen LogP contribution in [-0.2, 0) is 22.4 Å². The van der Waals surface area contributed by atoms with Crippen molar-refractivity contribution >= 4 is 46.0 Å². The molecule has 1 aromatic carbocycles. The highest BCUT2D eigenvalue weighted by atomic mass is 32.1. The maximum atomic E-state index is 16.0. The van der Waals surface area contributed by atoms with Crippen LogP contribution in [0.5, 0.6) is 0 Å². The Hall–Kier alpha value is -4.23. The number of halogens is 1. The molecule has 1 fully saturated rings. The van der Waals surface area contributed by atoms with Gasteiger partial charge in [0.15, 0.2) is 5.13 Å². The molecule has 0 bridgehead atoms. The number of amides is 3. The van der Waals surface area contributed by atoms with Gasteiger partial charge in [-0.2, -0.15) is 5.10 Å². The second-order valence-electron chi connectivity index (χ2n) is 11.0. The van der Waals surface area contributed by atoms with Gasteiger partial charge in [-0.1, -0.05) is 24.3 Å². The monoisotopic (exact) mass is 620 g/mol. The maximum absolute atomic E-state index is 16.0. The van der Waals surface area contributed by atoms with Crippen molar-refractivity contribution in [2.24, 2.45) is 4.99 Å². The molecule has 1 aliphatic carbocycles. The summed E-state index contributed by atoms with van der Waals surface area (Å²) in [6, 6.07) is 4.49. The normalized spacial score (nSPS) is 15.3. The van der Waals surface area contributed by atoms with Gasteiger partial charge >= 0.3 is 0 Å². The molecule has 0 saturated carbocycles. The minimum Gasteiger partial charge on any atom is -0.348 e. The first-order chi connectivity index (χ1) is 21.1. The number of aryl methyl sites for hydroxylation is 1. The van der Waals surface area contributed by atoms with Crippen LogP contribution < -0.4 is 5.32 Å². The predicted octanol–water partition coefficient (Wildman–Crippen LogP) is 3.53. The number of benzene rings is 1. The molecular weight excluding hydrogens is 583 g/mol. The van der Waals surface area contributed by atoms with Crippen LogP contribution in [0.2, 0.25) is 0 Å². The highest BCUT2D eigenvalue weighted by Gasteiger charge is 2.31. The highest BCUT2D eigenvalue weighted by molar-refractivity contribution is 7.19. The van der Waals surface area contributed by atoms with Crippen LogP contribution in [0.15, 0.2) is 29.3 Å². The highest BCUT2D eigenvalue weighted by Crippen LogP contribution is 2.43. The number of nitrogens with zero attached hydrogens (tertiary/aromatic N) is 7. The Morgan fingerprint density at radius 1 is 1.16 bits per heavy atom. The second kappa shape index (κ2) is 13.2. The number of nitrogens with one attached hydrogen (secondary N) is 1. The van der Waals surface area contributed by atoms with E-state index in [-0.39, 0.29) is 29.0 Å². The lowest BCUT2D eigenvalue weighted by Crippen LogP contribution is -2.51. The van der Waals surface area contributed by atoms with Crippen molar-refractivity contribution in [3.05, 3.63) is 52.6 Å². The zero-order valence-electron chi connectivity index (χ0n) is 25.7. The molecule has 3 aromatic rings. The van der Waals surface area contributed by atoms with Crippen molar-refractivity contribution in [2.75, 3.05) is 59.2 Å². The minimum absolute atomic E-state index is 0.0162. The zero-order chi connectivity index (χ0) is 31.5. The van der Waals surface area contributed by atoms with E-state index in [1.807, 2.05) is 17.9 Å². The molecule has 5 rings (SSSR count). The number of piperazine rings is 1. The lowest BCUT2D eigenvalue weighted by Gasteiger charge is -2.34. The summed E-state index contributed by atoms with van der Waals surface area (Å²) in [7, 11) is 5.14. The van der Waals surface area contributed by atoms with Gasteiger partial charge in [-0.15, -0.1) is 0 Å². The summed E-state index contributed by atoms with van der Waals surface area (Å²) in [6.07, 6.45) is 5.87. The standard InChI is InChI=1S/C31H37FN8O3S/c1-6-7-21(17-33-3)27-22-9-10-24-29(44-31(35-24)34-19(2)41)28(22)40(36-27)25-11-8-20(16-23(25)32)30(43)39-14-12-38(13-15-39)18-26(42)37(4)5/h7-8,11,16-17H,6,9-10,12-15,18H2,1-5H3,(H,34,35,41)/b21-7+,33-17?. The zero-order valence-corrected chi connectivity index (χ0v) is 26.5. The maximum Gasteiger partial charge on any atom is 0.254 e. The molecule has 2 aliphatic rings. The molecule has 1 saturated heterocycles. The van der Waals surface area contributed by atoms with E-state index in [1.54, 1.807) is 54.0 Å². The van der Waals surface area contributed by atoms with Crippen molar-refractivity contribution in [3.8, 4) is 16.3 Å². The van der Waals surface area contributed by atoms with Crippen molar-refractivity contribution in [1.29, 1.82) is 0 Å². The van der Waals surface area contributed by atoms with Crippen LogP contribution in [0, 0.1) is 5.82 Å². The van der Waals surface area contributed by atoms with Crippen LogP contribution in [0.4, 0.5) is 9.52 Å². The first-order valence-electron chi connectivity index (χ1n) is 14.6. The summed E-state index contributed by atoms with van der Waals surface area (Å²) in [6.45, 7) is 5.82. The molecule has 3 heterocycles. The second-order valence-corrected chi connectivity index (χ2v) is 12.0. The van der Waals surface area contributed by atoms with Crippen molar-refractivity contribution < 1.29 is 18.8 Å². The average Bonchev–Trinajstić information content (AvgIpc) is 3.57. The molecule has 0 atom stereocenters. The summed E-state index contributed by atoms with van der Waals surface area (Å²) in [4.78, 5) is 52.1. The molecule has 0 spiro atoms. The van der Waals surface area contributed by atoms with Gasteiger partial charge in [0.1, 0.15) is 11.5 Å². The van der Waals surface area contributed by atoms with E-state index < -0.39 is 5.82 Å². The Morgan fingerprint density at radius 2 is 1.91 bits per heavy atom. The van der Waals surface area contributed by atoms with Gasteiger partial charge in [0, 0.05) is 77.2 Å². The predicted molar refractivity (Wildman–Crippen MR) is 170 cm³/mol. The van der Waals surface area contributed by atoms with Gasteiger partial charge in [-0.25, -0.2) is 14.1 Å². The SMILES string of the molecule is CC/C=C(\C=NC)c1nn(-c2ccc(C(=O)N3CCN(CC(=O)N(C)C)CC3)cc2F)c2c1CCc1nc(NC(C)=O)sc1-2. The fourth-order valence-corrected chi connectivity index (χ4v) is 6.60. The van der Waals surface area contributed by atoms with E-state index in [4.69, 9.17) is 5.10 Å². The first kappa shape index (κ1) is 31.2. The van der Waals surface area contributed by atoms with E-state index in [0.29, 0.717) is 50.7 Å². The molecule has 232 valence electrons. The van der Waals surface area contributed by atoms with Gasteiger partial charge in [-0.05, 0) is 37.5 Å². The number of likely N-dealkylation sites (N-methyl/N-ethyl adjacent to an activating group) is 1. The molecule has 0 unspecified atom stereocenters. The number of anilines is 1. The van der Waals surface area contributed by atoms with Crippen LogP contribution in [0.1, 0.15) is 47.6 Å². The van der Waals surface area contributed by atoms with Gasteiger partial charge in [-0.3, -0.25) is 24.3 Å². The van der Waals surface area contributed by atoms with Gasteiger partial charge in [0.25, 0.3) is 5.91 Å². The molecular formula is C31H37FN8O3S. The Labute approximate surface area is 260 Å². The largest absolute Gasteiger partial charge is 0.348 e. The quantitative estimate of drug-likeness (QED) is 0.386. The first-order valence-corrected chi connectivity index (χ1v) is 15.5.